The van der Waals surface area contributed by atoms with Gasteiger partial charge in [0.1, 0.15) is 0 Å². The summed E-state index contributed by atoms with van der Waals surface area (Å²) in [5.41, 5.74) is 0.366. The molecule has 0 aromatic carbocycles. The number of rotatable bonds is 6. The monoisotopic (exact) mass is 365 g/mol. The van der Waals surface area contributed by atoms with Crippen LogP contribution in [0.1, 0.15) is 51.9 Å². The van der Waals surface area contributed by atoms with Crippen molar-refractivity contribution >= 4 is 6.09 Å². The van der Waals surface area contributed by atoms with Crippen molar-refractivity contribution in [1.29, 1.82) is 0 Å². The SMILES string of the molecule is CCOC(=O)N1CCC2(CC(N3CCC(N(CCO)C4CC4)CC3)C2)C1. The van der Waals surface area contributed by atoms with E-state index in [9.17, 15) is 9.90 Å². The molecule has 0 bridgehead atoms. The minimum absolute atomic E-state index is 0.127. The summed E-state index contributed by atoms with van der Waals surface area (Å²) in [6, 6.07) is 2.13. The van der Waals surface area contributed by atoms with Gasteiger partial charge in [0.25, 0.3) is 0 Å². The van der Waals surface area contributed by atoms with Crippen LogP contribution >= 0.6 is 0 Å². The van der Waals surface area contributed by atoms with Crippen LogP contribution in [0.25, 0.3) is 0 Å². The van der Waals surface area contributed by atoms with Crippen molar-refractivity contribution in [2.45, 2.75) is 70.0 Å². The van der Waals surface area contributed by atoms with E-state index >= 15 is 0 Å². The lowest BCUT2D eigenvalue weighted by molar-refractivity contribution is -0.0181. The Kier molecular flexibility index (Phi) is 5.44. The quantitative estimate of drug-likeness (QED) is 0.779. The summed E-state index contributed by atoms with van der Waals surface area (Å²) in [4.78, 5) is 19.1. The minimum Gasteiger partial charge on any atom is -0.450 e. The van der Waals surface area contributed by atoms with Crippen LogP contribution in [-0.2, 0) is 4.74 Å². The third-order valence-corrected chi connectivity index (χ3v) is 7.16. The van der Waals surface area contributed by atoms with Crippen LogP contribution in [0.15, 0.2) is 0 Å². The van der Waals surface area contributed by atoms with E-state index < -0.39 is 0 Å². The van der Waals surface area contributed by atoms with Crippen LogP contribution < -0.4 is 0 Å². The third-order valence-electron chi connectivity index (χ3n) is 7.16. The summed E-state index contributed by atoms with van der Waals surface area (Å²) < 4.78 is 5.16. The number of amides is 1. The lowest BCUT2D eigenvalue weighted by Gasteiger charge is -2.52. The Labute approximate surface area is 157 Å². The zero-order valence-electron chi connectivity index (χ0n) is 16.2. The van der Waals surface area contributed by atoms with Crippen LogP contribution in [0.2, 0.25) is 0 Å². The number of aliphatic hydroxyl groups excluding tert-OH is 1. The molecule has 1 spiro atoms. The van der Waals surface area contributed by atoms with Crippen molar-refractivity contribution in [2.75, 3.05) is 45.9 Å². The molecule has 1 amide bonds. The van der Waals surface area contributed by atoms with Gasteiger partial charge in [0.15, 0.2) is 0 Å². The van der Waals surface area contributed by atoms with Gasteiger partial charge in [-0.15, -0.1) is 0 Å². The molecule has 2 aliphatic heterocycles. The first-order valence-electron chi connectivity index (χ1n) is 10.7. The van der Waals surface area contributed by atoms with Crippen molar-refractivity contribution in [3.8, 4) is 0 Å². The van der Waals surface area contributed by atoms with Gasteiger partial charge in [0, 0.05) is 37.8 Å². The second-order valence-corrected chi connectivity index (χ2v) is 8.89. The van der Waals surface area contributed by atoms with Gasteiger partial charge in [0.05, 0.1) is 13.2 Å². The number of likely N-dealkylation sites (tertiary alicyclic amines) is 2. The first-order valence-corrected chi connectivity index (χ1v) is 10.7. The van der Waals surface area contributed by atoms with Gasteiger partial charge < -0.3 is 19.6 Å². The molecule has 6 nitrogen and oxygen atoms in total. The normalized spacial score (nSPS) is 33.0. The number of carbonyl (C=O) groups is 1. The van der Waals surface area contributed by atoms with Crippen molar-refractivity contribution in [3.63, 3.8) is 0 Å². The molecule has 26 heavy (non-hydrogen) atoms. The Morgan fingerprint density at radius 2 is 1.85 bits per heavy atom. The van der Waals surface area contributed by atoms with Gasteiger partial charge >= 0.3 is 6.09 Å². The van der Waals surface area contributed by atoms with E-state index in [2.05, 4.69) is 9.80 Å². The Balaban J connectivity index is 1.22. The van der Waals surface area contributed by atoms with Crippen LogP contribution in [0.3, 0.4) is 0 Å². The average Bonchev–Trinajstić information content (AvgIpc) is 3.35. The number of aliphatic hydroxyl groups is 1. The Morgan fingerprint density at radius 3 is 2.46 bits per heavy atom. The minimum atomic E-state index is -0.127. The summed E-state index contributed by atoms with van der Waals surface area (Å²) in [7, 11) is 0. The molecule has 0 aromatic rings. The van der Waals surface area contributed by atoms with E-state index in [1.165, 1.54) is 51.6 Å². The Bertz CT molecular complexity index is 497. The van der Waals surface area contributed by atoms with Crippen molar-refractivity contribution in [1.82, 2.24) is 14.7 Å². The second kappa shape index (κ2) is 7.64. The molecule has 4 fully saturated rings. The molecule has 2 saturated heterocycles. The van der Waals surface area contributed by atoms with Gasteiger partial charge in [-0.2, -0.15) is 0 Å². The predicted octanol–water partition coefficient (Wildman–Crippen LogP) is 1.92. The van der Waals surface area contributed by atoms with E-state index in [0.717, 1.165) is 32.1 Å². The zero-order chi connectivity index (χ0) is 18.1. The number of hydrogen-bond acceptors (Lipinski definition) is 5. The largest absolute Gasteiger partial charge is 0.450 e. The number of nitrogens with zero attached hydrogens (tertiary/aromatic N) is 3. The smallest absolute Gasteiger partial charge is 0.409 e. The molecule has 2 aliphatic carbocycles. The second-order valence-electron chi connectivity index (χ2n) is 8.89. The molecular formula is C20H35N3O3. The lowest BCUT2D eigenvalue weighted by atomic mass is 9.64. The lowest BCUT2D eigenvalue weighted by Crippen LogP contribution is -2.56. The maximum Gasteiger partial charge on any atom is 0.409 e. The van der Waals surface area contributed by atoms with Crippen molar-refractivity contribution in [3.05, 3.63) is 0 Å². The summed E-state index contributed by atoms with van der Waals surface area (Å²) in [6.07, 6.45) is 8.64. The number of hydrogen-bond donors (Lipinski definition) is 1. The maximum absolute atomic E-state index is 11.9. The van der Waals surface area contributed by atoms with E-state index in [-0.39, 0.29) is 6.09 Å². The van der Waals surface area contributed by atoms with Gasteiger partial charge in [-0.3, -0.25) is 4.90 Å². The molecule has 4 rings (SSSR count). The number of ether oxygens (including phenoxy) is 1. The Hall–Kier alpha value is -0.850. The van der Waals surface area contributed by atoms with E-state index in [1.807, 2.05) is 11.8 Å². The molecule has 0 unspecified atom stereocenters. The van der Waals surface area contributed by atoms with Gasteiger partial charge in [-0.05, 0) is 70.4 Å². The first-order chi connectivity index (χ1) is 12.6. The molecule has 4 aliphatic rings. The molecule has 6 heteroatoms. The molecule has 0 radical (unpaired) electrons. The van der Waals surface area contributed by atoms with Crippen LogP contribution in [-0.4, -0.2) is 90.0 Å². The summed E-state index contributed by atoms with van der Waals surface area (Å²) >= 11 is 0. The standard InChI is InChI=1S/C20H35N3O3/c1-2-26-19(25)22-10-7-20(15-22)13-18(14-20)21-8-5-17(6-9-21)23(11-12-24)16-3-4-16/h16-18,24H,2-15H2,1H3. The summed E-state index contributed by atoms with van der Waals surface area (Å²) in [5, 5.41) is 9.35. The molecular weight excluding hydrogens is 330 g/mol. The topological polar surface area (TPSA) is 56.2 Å². The highest BCUT2D eigenvalue weighted by atomic mass is 16.6. The molecule has 2 saturated carbocycles. The van der Waals surface area contributed by atoms with E-state index in [4.69, 9.17) is 4.74 Å². The van der Waals surface area contributed by atoms with Crippen molar-refractivity contribution < 1.29 is 14.6 Å². The highest BCUT2D eigenvalue weighted by Gasteiger charge is 2.51. The van der Waals surface area contributed by atoms with Gasteiger partial charge in [0.2, 0.25) is 0 Å². The fourth-order valence-corrected chi connectivity index (χ4v) is 5.60. The fraction of sp³-hybridized carbons (Fsp3) is 0.950. The molecule has 1 N–H and O–H groups in total. The molecule has 148 valence electrons. The Morgan fingerprint density at radius 1 is 1.15 bits per heavy atom. The van der Waals surface area contributed by atoms with Crippen molar-refractivity contribution in [2.24, 2.45) is 5.41 Å². The third kappa shape index (κ3) is 3.73. The van der Waals surface area contributed by atoms with Gasteiger partial charge in [-0.25, -0.2) is 4.79 Å². The highest BCUT2D eigenvalue weighted by Crippen LogP contribution is 2.50. The van der Waals surface area contributed by atoms with Crippen LogP contribution in [0, 0.1) is 5.41 Å². The zero-order valence-corrected chi connectivity index (χ0v) is 16.2. The number of piperidine rings is 1. The van der Waals surface area contributed by atoms with Gasteiger partial charge in [-0.1, -0.05) is 0 Å². The molecule has 0 aromatic heterocycles. The van der Waals surface area contributed by atoms with E-state index in [1.54, 1.807) is 0 Å². The molecule has 0 atom stereocenters. The molecule has 2 heterocycles. The predicted molar refractivity (Wildman–Crippen MR) is 100 cm³/mol. The fourth-order valence-electron chi connectivity index (χ4n) is 5.60. The summed E-state index contributed by atoms with van der Waals surface area (Å²) in [5.74, 6) is 0. The van der Waals surface area contributed by atoms with Crippen LogP contribution in [0.5, 0.6) is 0 Å². The summed E-state index contributed by atoms with van der Waals surface area (Å²) in [6.45, 7) is 7.63. The maximum atomic E-state index is 11.9. The number of carbonyl (C=O) groups excluding carboxylic acids is 1. The van der Waals surface area contributed by atoms with E-state index in [0.29, 0.717) is 30.7 Å². The highest BCUT2D eigenvalue weighted by molar-refractivity contribution is 5.68. The average molecular weight is 366 g/mol. The first kappa shape index (κ1) is 18.5. The van der Waals surface area contributed by atoms with Crippen LogP contribution in [0.4, 0.5) is 4.79 Å².